The largest absolute Gasteiger partial charge is 0.376 e. The molecule has 0 amide bonds. The molecule has 4 heteroatoms. The number of hydrogen-bond acceptors (Lipinski definition) is 2. The predicted molar refractivity (Wildman–Crippen MR) is 70.7 cm³/mol. The fourth-order valence-corrected chi connectivity index (χ4v) is 3.20. The maximum absolute atomic E-state index is 13.3. The maximum atomic E-state index is 13.3. The van der Waals surface area contributed by atoms with Gasteiger partial charge in [0.2, 0.25) is 0 Å². The number of hydrogen-bond donors (Lipinski definition) is 1. The van der Waals surface area contributed by atoms with Crippen LogP contribution in [-0.4, -0.2) is 12.7 Å². The van der Waals surface area contributed by atoms with E-state index in [0.717, 1.165) is 31.7 Å². The Hall–Kier alpha value is -1.00. The minimum atomic E-state index is -0.597. The van der Waals surface area contributed by atoms with E-state index in [0.29, 0.717) is 11.5 Å². The molecule has 2 nitrogen and oxygen atoms in total. The van der Waals surface area contributed by atoms with Crippen molar-refractivity contribution in [3.05, 3.63) is 35.4 Å². The third-order valence-electron chi connectivity index (χ3n) is 4.21. The Balaban J connectivity index is 2.31. The minimum Gasteiger partial charge on any atom is -0.376 e. The van der Waals surface area contributed by atoms with Crippen molar-refractivity contribution in [3.63, 3.8) is 0 Å². The van der Waals surface area contributed by atoms with Crippen molar-refractivity contribution < 1.29 is 13.5 Å². The molecule has 106 valence electrons. The van der Waals surface area contributed by atoms with Crippen LogP contribution in [-0.2, 0) is 4.74 Å². The van der Waals surface area contributed by atoms with Crippen LogP contribution >= 0.6 is 0 Å². The second-order valence-electron chi connectivity index (χ2n) is 5.65. The Bertz CT molecular complexity index is 432. The van der Waals surface area contributed by atoms with Gasteiger partial charge in [-0.3, -0.25) is 0 Å². The summed E-state index contributed by atoms with van der Waals surface area (Å²) in [5, 5.41) is 0. The third-order valence-corrected chi connectivity index (χ3v) is 4.21. The van der Waals surface area contributed by atoms with Gasteiger partial charge in [-0.1, -0.05) is 19.8 Å². The standard InChI is InChI=1S/C15H21F2NO/c1-10-4-3-5-15(9-10,19-2)14(18)11-6-12(16)8-13(17)7-11/h6-8,10,14H,3-5,9,18H2,1-2H3. The number of nitrogens with two attached hydrogens (primary N) is 1. The second-order valence-corrected chi connectivity index (χ2v) is 5.65. The molecular weight excluding hydrogens is 248 g/mol. The van der Waals surface area contributed by atoms with E-state index in [1.165, 1.54) is 12.1 Å². The fourth-order valence-electron chi connectivity index (χ4n) is 3.20. The molecule has 2 N–H and O–H groups in total. The van der Waals surface area contributed by atoms with Crippen LogP contribution in [0.25, 0.3) is 0 Å². The van der Waals surface area contributed by atoms with E-state index >= 15 is 0 Å². The van der Waals surface area contributed by atoms with Gasteiger partial charge in [0.1, 0.15) is 11.6 Å². The van der Waals surface area contributed by atoms with Crippen molar-refractivity contribution in [2.45, 2.75) is 44.2 Å². The van der Waals surface area contributed by atoms with E-state index in [9.17, 15) is 8.78 Å². The number of methoxy groups -OCH3 is 1. The number of halogens is 2. The highest BCUT2D eigenvalue weighted by Crippen LogP contribution is 2.42. The van der Waals surface area contributed by atoms with Gasteiger partial charge in [-0.2, -0.15) is 0 Å². The van der Waals surface area contributed by atoms with Crippen LogP contribution < -0.4 is 5.73 Å². The first kappa shape index (κ1) is 14.4. The number of rotatable bonds is 3. The Morgan fingerprint density at radius 3 is 2.47 bits per heavy atom. The summed E-state index contributed by atoms with van der Waals surface area (Å²) in [6.07, 6.45) is 3.83. The highest BCUT2D eigenvalue weighted by Gasteiger charge is 2.41. The first-order chi connectivity index (χ1) is 8.97. The Morgan fingerprint density at radius 2 is 1.95 bits per heavy atom. The predicted octanol–water partition coefficient (Wildman–Crippen LogP) is 3.56. The summed E-state index contributed by atoms with van der Waals surface area (Å²) in [6, 6.07) is 2.95. The summed E-state index contributed by atoms with van der Waals surface area (Å²) in [7, 11) is 1.63. The summed E-state index contributed by atoms with van der Waals surface area (Å²) in [5.74, 6) is -0.681. The molecule has 19 heavy (non-hydrogen) atoms. The topological polar surface area (TPSA) is 35.2 Å². The molecule has 1 aliphatic rings. The molecule has 0 bridgehead atoms. The lowest BCUT2D eigenvalue weighted by Gasteiger charge is -2.43. The molecular formula is C15H21F2NO. The Kier molecular flexibility index (Phi) is 4.21. The molecule has 0 aliphatic heterocycles. The summed E-state index contributed by atoms with van der Waals surface area (Å²) in [5.41, 5.74) is 6.21. The molecule has 3 unspecified atom stereocenters. The van der Waals surface area contributed by atoms with Gasteiger partial charge in [-0.15, -0.1) is 0 Å². The molecule has 3 atom stereocenters. The highest BCUT2D eigenvalue weighted by molar-refractivity contribution is 5.24. The molecule has 2 rings (SSSR count). The van der Waals surface area contributed by atoms with E-state index in [2.05, 4.69) is 6.92 Å². The first-order valence-corrected chi connectivity index (χ1v) is 6.73. The van der Waals surface area contributed by atoms with E-state index in [-0.39, 0.29) is 0 Å². The monoisotopic (exact) mass is 269 g/mol. The summed E-state index contributed by atoms with van der Waals surface area (Å²) in [4.78, 5) is 0. The van der Waals surface area contributed by atoms with Crippen LogP contribution in [0.5, 0.6) is 0 Å². The van der Waals surface area contributed by atoms with Crippen LogP contribution in [0.4, 0.5) is 8.78 Å². The molecule has 0 spiro atoms. The van der Waals surface area contributed by atoms with Crippen LogP contribution in [0.3, 0.4) is 0 Å². The van der Waals surface area contributed by atoms with Gasteiger partial charge >= 0.3 is 0 Å². The van der Waals surface area contributed by atoms with Crippen LogP contribution in [0.15, 0.2) is 18.2 Å². The third kappa shape index (κ3) is 2.95. The molecule has 1 aliphatic carbocycles. The van der Waals surface area contributed by atoms with Crippen molar-refractivity contribution in [1.29, 1.82) is 0 Å². The Morgan fingerprint density at radius 1 is 1.32 bits per heavy atom. The lowest BCUT2D eigenvalue weighted by Crippen LogP contribution is -2.46. The highest BCUT2D eigenvalue weighted by atomic mass is 19.1. The fraction of sp³-hybridized carbons (Fsp3) is 0.600. The molecule has 1 aromatic carbocycles. The SMILES string of the molecule is COC1(C(N)c2cc(F)cc(F)c2)CCCC(C)C1. The summed E-state index contributed by atoms with van der Waals surface area (Å²) >= 11 is 0. The zero-order chi connectivity index (χ0) is 14.0. The van der Waals surface area contributed by atoms with Gasteiger partial charge in [0.15, 0.2) is 0 Å². The van der Waals surface area contributed by atoms with Crippen LogP contribution in [0, 0.1) is 17.6 Å². The molecule has 0 heterocycles. The molecule has 0 saturated heterocycles. The van der Waals surface area contributed by atoms with Crippen LogP contribution in [0.2, 0.25) is 0 Å². The quantitative estimate of drug-likeness (QED) is 0.910. The molecule has 1 aromatic rings. The molecule has 1 saturated carbocycles. The summed E-state index contributed by atoms with van der Waals surface area (Å²) < 4.78 is 32.3. The molecule has 1 fully saturated rings. The second kappa shape index (κ2) is 5.55. The van der Waals surface area contributed by atoms with Crippen molar-refractivity contribution in [2.75, 3.05) is 7.11 Å². The number of ether oxygens (including phenoxy) is 1. The van der Waals surface area contributed by atoms with Gasteiger partial charge in [0.25, 0.3) is 0 Å². The van der Waals surface area contributed by atoms with Gasteiger partial charge in [0.05, 0.1) is 11.6 Å². The summed E-state index contributed by atoms with van der Waals surface area (Å²) in [6.45, 7) is 2.16. The van der Waals surface area contributed by atoms with Crippen molar-refractivity contribution in [3.8, 4) is 0 Å². The van der Waals surface area contributed by atoms with Crippen molar-refractivity contribution >= 4 is 0 Å². The van der Waals surface area contributed by atoms with Crippen molar-refractivity contribution in [1.82, 2.24) is 0 Å². The zero-order valence-electron chi connectivity index (χ0n) is 11.5. The van der Waals surface area contributed by atoms with Gasteiger partial charge in [-0.25, -0.2) is 8.78 Å². The maximum Gasteiger partial charge on any atom is 0.126 e. The normalized spacial score (nSPS) is 29.2. The van der Waals surface area contributed by atoms with Gasteiger partial charge in [0, 0.05) is 13.2 Å². The average Bonchev–Trinajstić information content (AvgIpc) is 2.36. The average molecular weight is 269 g/mol. The van der Waals surface area contributed by atoms with E-state index in [1.54, 1.807) is 7.11 Å². The smallest absolute Gasteiger partial charge is 0.126 e. The number of benzene rings is 1. The molecule has 0 aromatic heterocycles. The van der Waals surface area contributed by atoms with Gasteiger partial charge in [-0.05, 0) is 36.5 Å². The zero-order valence-corrected chi connectivity index (χ0v) is 11.5. The van der Waals surface area contributed by atoms with E-state index in [4.69, 9.17) is 10.5 Å². The first-order valence-electron chi connectivity index (χ1n) is 6.73. The van der Waals surface area contributed by atoms with E-state index < -0.39 is 23.3 Å². The lowest BCUT2D eigenvalue weighted by atomic mass is 9.73. The Labute approximate surface area is 112 Å². The van der Waals surface area contributed by atoms with Crippen LogP contribution in [0.1, 0.15) is 44.2 Å². The molecule has 0 radical (unpaired) electrons. The lowest BCUT2D eigenvalue weighted by molar-refractivity contribution is -0.0719. The minimum absolute atomic E-state index is 0.466. The van der Waals surface area contributed by atoms with Gasteiger partial charge < -0.3 is 10.5 Å². The van der Waals surface area contributed by atoms with Crippen molar-refractivity contribution in [2.24, 2.45) is 11.7 Å². The van der Waals surface area contributed by atoms with E-state index in [1.807, 2.05) is 0 Å².